The minimum absolute atomic E-state index is 0.183. The Hall–Kier alpha value is -1.87. The molecule has 1 aliphatic rings. The van der Waals surface area contributed by atoms with Crippen LogP contribution in [0.15, 0.2) is 58.3 Å². The molecule has 1 heterocycles. The first-order valence-corrected chi connectivity index (χ1v) is 11.5. The Balaban J connectivity index is 1.69. The molecule has 0 radical (unpaired) electrons. The molecule has 0 spiro atoms. The Morgan fingerprint density at radius 2 is 1.89 bits per heavy atom. The van der Waals surface area contributed by atoms with E-state index < -0.39 is 10.0 Å². The van der Waals surface area contributed by atoms with Crippen molar-refractivity contribution in [3.63, 3.8) is 0 Å². The quantitative estimate of drug-likeness (QED) is 0.694. The maximum absolute atomic E-state index is 12.7. The van der Waals surface area contributed by atoms with Crippen LogP contribution in [0, 0.1) is 0 Å². The summed E-state index contributed by atoms with van der Waals surface area (Å²) in [4.78, 5) is 13.8. The van der Waals surface area contributed by atoms with Gasteiger partial charge in [-0.3, -0.25) is 4.79 Å². The van der Waals surface area contributed by atoms with E-state index in [0.29, 0.717) is 11.3 Å². The standard InChI is InChI=1S/C20H24N2O4S2/c1-22(2)28(24,25)17-11-9-15(10-12-17)21-20(23)18-7-3-4-8-19(18)27-14-16-6-5-13-26-16/h3-4,7-12,16H,5-6,13-14H2,1-2H3,(H,21,23). The summed E-state index contributed by atoms with van der Waals surface area (Å²) in [7, 11) is -0.526. The number of nitrogens with one attached hydrogen (secondary N) is 1. The molecule has 6 nitrogen and oxygen atoms in total. The highest BCUT2D eigenvalue weighted by Gasteiger charge is 2.19. The monoisotopic (exact) mass is 420 g/mol. The van der Waals surface area contributed by atoms with Gasteiger partial charge >= 0.3 is 0 Å². The maximum Gasteiger partial charge on any atom is 0.256 e. The zero-order valence-corrected chi connectivity index (χ0v) is 17.6. The van der Waals surface area contributed by atoms with Crippen molar-refractivity contribution in [2.75, 3.05) is 31.8 Å². The SMILES string of the molecule is CN(C)S(=O)(=O)c1ccc(NC(=O)c2ccccc2SCC2CCCO2)cc1. The van der Waals surface area contributed by atoms with E-state index in [9.17, 15) is 13.2 Å². The number of benzene rings is 2. The minimum atomic E-state index is -3.49. The average Bonchev–Trinajstić information content (AvgIpc) is 3.20. The van der Waals surface area contributed by atoms with Crippen LogP contribution < -0.4 is 5.32 Å². The van der Waals surface area contributed by atoms with Crippen LogP contribution in [0.25, 0.3) is 0 Å². The second-order valence-electron chi connectivity index (χ2n) is 6.71. The third-order valence-electron chi connectivity index (χ3n) is 4.47. The lowest BCUT2D eigenvalue weighted by atomic mass is 10.2. The lowest BCUT2D eigenvalue weighted by Crippen LogP contribution is -2.22. The summed E-state index contributed by atoms with van der Waals surface area (Å²) in [5.74, 6) is 0.597. The fraction of sp³-hybridized carbons (Fsp3) is 0.350. The highest BCUT2D eigenvalue weighted by atomic mass is 32.2. The van der Waals surface area contributed by atoms with Gasteiger partial charge in [-0.15, -0.1) is 11.8 Å². The van der Waals surface area contributed by atoms with E-state index in [1.54, 1.807) is 30.0 Å². The van der Waals surface area contributed by atoms with Gasteiger partial charge in [-0.05, 0) is 49.2 Å². The van der Waals surface area contributed by atoms with E-state index in [-0.39, 0.29) is 16.9 Å². The molecule has 1 atom stereocenters. The Labute approximate surface area is 170 Å². The van der Waals surface area contributed by atoms with Gasteiger partial charge in [-0.1, -0.05) is 12.1 Å². The maximum atomic E-state index is 12.7. The van der Waals surface area contributed by atoms with E-state index >= 15 is 0 Å². The van der Waals surface area contributed by atoms with Crippen LogP contribution in [0.5, 0.6) is 0 Å². The fourth-order valence-electron chi connectivity index (χ4n) is 2.86. The van der Waals surface area contributed by atoms with E-state index in [1.165, 1.54) is 26.2 Å². The highest BCUT2D eigenvalue weighted by molar-refractivity contribution is 7.99. The van der Waals surface area contributed by atoms with Crippen LogP contribution in [-0.4, -0.2) is 51.2 Å². The molecule has 2 aromatic rings. The van der Waals surface area contributed by atoms with Crippen LogP contribution in [-0.2, 0) is 14.8 Å². The number of sulfonamides is 1. The van der Waals surface area contributed by atoms with E-state index in [4.69, 9.17) is 4.74 Å². The van der Waals surface area contributed by atoms with Crippen molar-refractivity contribution in [1.29, 1.82) is 0 Å². The molecule has 3 rings (SSSR count). The molecule has 1 saturated heterocycles. The van der Waals surface area contributed by atoms with Gasteiger partial charge in [0.1, 0.15) is 0 Å². The van der Waals surface area contributed by atoms with Gasteiger partial charge in [0, 0.05) is 37.0 Å². The minimum Gasteiger partial charge on any atom is -0.377 e. The smallest absolute Gasteiger partial charge is 0.256 e. The third-order valence-corrected chi connectivity index (χ3v) is 7.51. The molecular weight excluding hydrogens is 396 g/mol. The average molecular weight is 421 g/mol. The van der Waals surface area contributed by atoms with Crippen LogP contribution in [0.3, 0.4) is 0 Å². The largest absolute Gasteiger partial charge is 0.377 e. The zero-order chi connectivity index (χ0) is 20.1. The van der Waals surface area contributed by atoms with Crippen molar-refractivity contribution in [1.82, 2.24) is 4.31 Å². The molecule has 0 saturated carbocycles. The molecular formula is C20H24N2O4S2. The number of carbonyl (C=O) groups excluding carboxylic acids is 1. The molecule has 150 valence electrons. The van der Waals surface area contributed by atoms with Crippen LogP contribution in [0.1, 0.15) is 23.2 Å². The van der Waals surface area contributed by atoms with Crippen molar-refractivity contribution in [2.45, 2.75) is 28.7 Å². The second kappa shape index (κ2) is 9.09. The summed E-state index contributed by atoms with van der Waals surface area (Å²) in [6.07, 6.45) is 2.39. The highest BCUT2D eigenvalue weighted by Crippen LogP contribution is 2.27. The summed E-state index contributed by atoms with van der Waals surface area (Å²) >= 11 is 1.62. The predicted octanol–water partition coefficient (Wildman–Crippen LogP) is 3.46. The van der Waals surface area contributed by atoms with Crippen molar-refractivity contribution >= 4 is 33.4 Å². The summed E-state index contributed by atoms with van der Waals surface area (Å²) in [6, 6.07) is 13.6. The number of ether oxygens (including phenoxy) is 1. The molecule has 28 heavy (non-hydrogen) atoms. The summed E-state index contributed by atoms with van der Waals surface area (Å²) in [5, 5.41) is 2.84. The molecule has 8 heteroatoms. The summed E-state index contributed by atoms with van der Waals surface area (Å²) < 4.78 is 31.1. The fourth-order valence-corrected chi connectivity index (χ4v) is 4.88. The normalized spacial score (nSPS) is 17.0. The number of rotatable bonds is 7. The summed E-state index contributed by atoms with van der Waals surface area (Å²) in [5.41, 5.74) is 1.14. The molecule has 0 bridgehead atoms. The van der Waals surface area contributed by atoms with E-state index in [2.05, 4.69) is 5.32 Å². The zero-order valence-electron chi connectivity index (χ0n) is 15.9. The number of nitrogens with zero attached hydrogens (tertiary/aromatic N) is 1. The predicted molar refractivity (Wildman–Crippen MR) is 111 cm³/mol. The molecule has 0 aliphatic carbocycles. The first kappa shape index (κ1) is 20.9. The van der Waals surface area contributed by atoms with Crippen molar-refractivity contribution in [3.8, 4) is 0 Å². The van der Waals surface area contributed by atoms with Gasteiger partial charge < -0.3 is 10.1 Å². The lowest BCUT2D eigenvalue weighted by molar-refractivity contribution is 0.102. The van der Waals surface area contributed by atoms with Crippen molar-refractivity contribution < 1.29 is 17.9 Å². The van der Waals surface area contributed by atoms with E-state index in [0.717, 1.165) is 34.4 Å². The van der Waals surface area contributed by atoms with Crippen LogP contribution in [0.2, 0.25) is 0 Å². The molecule has 1 fully saturated rings. The first-order valence-electron chi connectivity index (χ1n) is 9.05. The number of amides is 1. The molecule has 1 aliphatic heterocycles. The van der Waals surface area contributed by atoms with Crippen LogP contribution >= 0.6 is 11.8 Å². The number of hydrogen-bond donors (Lipinski definition) is 1. The van der Waals surface area contributed by atoms with Crippen LogP contribution in [0.4, 0.5) is 5.69 Å². The number of thioether (sulfide) groups is 1. The molecule has 0 aromatic heterocycles. The van der Waals surface area contributed by atoms with Gasteiger partial charge in [0.25, 0.3) is 5.91 Å². The molecule has 2 aromatic carbocycles. The lowest BCUT2D eigenvalue weighted by Gasteiger charge is -2.13. The summed E-state index contributed by atoms with van der Waals surface area (Å²) in [6.45, 7) is 0.812. The van der Waals surface area contributed by atoms with Gasteiger partial charge in [-0.2, -0.15) is 0 Å². The van der Waals surface area contributed by atoms with Gasteiger partial charge in [0.15, 0.2) is 0 Å². The third kappa shape index (κ3) is 4.94. The molecule has 1 amide bonds. The Bertz CT molecular complexity index is 921. The number of anilines is 1. The van der Waals surface area contributed by atoms with Crippen molar-refractivity contribution in [3.05, 3.63) is 54.1 Å². The molecule has 1 unspecified atom stereocenters. The van der Waals surface area contributed by atoms with Crippen molar-refractivity contribution in [2.24, 2.45) is 0 Å². The molecule has 1 N–H and O–H groups in total. The number of carbonyl (C=O) groups is 1. The van der Waals surface area contributed by atoms with Gasteiger partial charge in [0.05, 0.1) is 16.6 Å². The number of hydrogen-bond acceptors (Lipinski definition) is 5. The topological polar surface area (TPSA) is 75.7 Å². The Morgan fingerprint density at radius 1 is 1.18 bits per heavy atom. The van der Waals surface area contributed by atoms with E-state index in [1.807, 2.05) is 18.2 Å². The first-order chi connectivity index (χ1) is 13.4. The van der Waals surface area contributed by atoms with Gasteiger partial charge in [-0.25, -0.2) is 12.7 Å². The Morgan fingerprint density at radius 3 is 2.54 bits per heavy atom. The Kier molecular flexibility index (Phi) is 6.77. The second-order valence-corrected chi connectivity index (χ2v) is 9.92. The van der Waals surface area contributed by atoms with Gasteiger partial charge in [0.2, 0.25) is 10.0 Å².